The molecule has 2 aromatic rings. The van der Waals surface area contributed by atoms with Gasteiger partial charge in [-0.05, 0) is 32.9 Å². The minimum absolute atomic E-state index is 0.00421. The lowest BCUT2D eigenvalue weighted by Crippen LogP contribution is -2.03. The minimum Gasteiger partial charge on any atom is -0.294 e. The topological polar surface area (TPSA) is 47.8 Å². The molecule has 2 heterocycles. The van der Waals surface area contributed by atoms with Gasteiger partial charge in [0, 0.05) is 11.8 Å². The van der Waals surface area contributed by atoms with Gasteiger partial charge < -0.3 is 0 Å². The Hall–Kier alpha value is -1.68. The van der Waals surface area contributed by atoms with Gasteiger partial charge in [-0.2, -0.15) is 5.10 Å². The van der Waals surface area contributed by atoms with Crippen LogP contribution < -0.4 is 0 Å². The molecule has 0 aromatic carbocycles. The third-order valence-corrected chi connectivity index (χ3v) is 3.12. The molecule has 0 bridgehead atoms. The largest absolute Gasteiger partial charge is 0.294 e. The van der Waals surface area contributed by atoms with Crippen molar-refractivity contribution in [2.45, 2.75) is 20.8 Å². The van der Waals surface area contributed by atoms with Crippen LogP contribution in [0.25, 0.3) is 5.82 Å². The molecule has 0 unspecified atom stereocenters. The van der Waals surface area contributed by atoms with Crippen molar-refractivity contribution in [3.63, 3.8) is 0 Å². The zero-order chi connectivity index (χ0) is 12.6. The summed E-state index contributed by atoms with van der Waals surface area (Å²) in [7, 11) is 0. The van der Waals surface area contributed by atoms with E-state index in [1.807, 2.05) is 13.8 Å². The number of nitrogens with zero attached hydrogens (tertiary/aromatic N) is 3. The molecule has 0 aliphatic rings. The third-order valence-electron chi connectivity index (χ3n) is 2.57. The summed E-state index contributed by atoms with van der Waals surface area (Å²) in [6.45, 7) is 5.23. The third kappa shape index (κ3) is 2.08. The van der Waals surface area contributed by atoms with Crippen LogP contribution >= 0.6 is 11.6 Å². The number of pyridine rings is 1. The lowest BCUT2D eigenvalue weighted by atomic mass is 10.2. The van der Waals surface area contributed by atoms with Gasteiger partial charge >= 0.3 is 0 Å². The molecule has 0 N–H and O–H groups in total. The summed E-state index contributed by atoms with van der Waals surface area (Å²) < 4.78 is 1.67. The maximum atomic E-state index is 11.1. The molecule has 0 aliphatic heterocycles. The van der Waals surface area contributed by atoms with Crippen molar-refractivity contribution >= 4 is 17.4 Å². The molecule has 0 radical (unpaired) electrons. The molecule has 88 valence electrons. The van der Waals surface area contributed by atoms with Gasteiger partial charge in [-0.15, -0.1) is 0 Å². The van der Waals surface area contributed by atoms with E-state index in [0.717, 1.165) is 11.4 Å². The number of ketones is 1. The van der Waals surface area contributed by atoms with E-state index >= 15 is 0 Å². The fourth-order valence-corrected chi connectivity index (χ4v) is 1.68. The number of hydrogen-bond acceptors (Lipinski definition) is 3. The Morgan fingerprint density at radius 3 is 2.47 bits per heavy atom. The van der Waals surface area contributed by atoms with Crippen molar-refractivity contribution in [2.75, 3.05) is 0 Å². The lowest BCUT2D eigenvalue weighted by Gasteiger charge is -2.03. The predicted molar refractivity (Wildman–Crippen MR) is 65.8 cm³/mol. The zero-order valence-corrected chi connectivity index (χ0v) is 10.6. The van der Waals surface area contributed by atoms with Crippen LogP contribution in [0.15, 0.2) is 18.3 Å². The fourth-order valence-electron chi connectivity index (χ4n) is 1.57. The van der Waals surface area contributed by atoms with Gasteiger partial charge in [0.2, 0.25) is 0 Å². The highest BCUT2D eigenvalue weighted by Gasteiger charge is 2.11. The minimum atomic E-state index is -0.00421. The highest BCUT2D eigenvalue weighted by atomic mass is 35.5. The van der Waals surface area contributed by atoms with Gasteiger partial charge in [0.1, 0.15) is 0 Å². The second-order valence-corrected chi connectivity index (χ2v) is 4.24. The average molecular weight is 250 g/mol. The van der Waals surface area contributed by atoms with Gasteiger partial charge in [-0.25, -0.2) is 9.67 Å². The van der Waals surface area contributed by atoms with Crippen LogP contribution in [0.2, 0.25) is 5.02 Å². The highest BCUT2D eigenvalue weighted by Crippen LogP contribution is 2.21. The van der Waals surface area contributed by atoms with Crippen molar-refractivity contribution in [1.82, 2.24) is 14.8 Å². The van der Waals surface area contributed by atoms with Crippen LogP contribution in [-0.4, -0.2) is 20.5 Å². The van der Waals surface area contributed by atoms with E-state index in [-0.39, 0.29) is 5.78 Å². The summed E-state index contributed by atoms with van der Waals surface area (Å²) in [6.07, 6.45) is 1.54. The van der Waals surface area contributed by atoms with Crippen molar-refractivity contribution < 1.29 is 4.79 Å². The van der Waals surface area contributed by atoms with E-state index < -0.39 is 0 Å². The molecule has 17 heavy (non-hydrogen) atoms. The first kappa shape index (κ1) is 11.8. The van der Waals surface area contributed by atoms with Gasteiger partial charge in [-0.3, -0.25) is 4.79 Å². The van der Waals surface area contributed by atoms with Crippen LogP contribution in [0.4, 0.5) is 0 Å². The number of aromatic nitrogens is 3. The van der Waals surface area contributed by atoms with E-state index in [9.17, 15) is 4.79 Å². The van der Waals surface area contributed by atoms with E-state index in [0.29, 0.717) is 16.4 Å². The van der Waals surface area contributed by atoms with Crippen molar-refractivity contribution in [3.05, 3.63) is 40.3 Å². The molecule has 2 rings (SSSR count). The number of rotatable bonds is 2. The second kappa shape index (κ2) is 4.30. The molecule has 2 aromatic heterocycles. The number of Topliss-reactive ketones (excluding diaryl/α,β-unsaturated/α-hetero) is 1. The molecular weight excluding hydrogens is 238 g/mol. The Morgan fingerprint density at radius 2 is 2.06 bits per heavy atom. The molecule has 0 spiro atoms. The van der Waals surface area contributed by atoms with Crippen LogP contribution in [0, 0.1) is 13.8 Å². The molecule has 0 fully saturated rings. The predicted octanol–water partition coefficient (Wildman–Crippen LogP) is 2.74. The first-order valence-corrected chi connectivity index (χ1v) is 5.57. The van der Waals surface area contributed by atoms with Crippen LogP contribution in [0.3, 0.4) is 0 Å². The van der Waals surface area contributed by atoms with Crippen LogP contribution in [0.1, 0.15) is 28.7 Å². The smallest absolute Gasteiger partial charge is 0.161 e. The SMILES string of the molecule is CC(=O)c1ccc(-n2nc(C)c(Cl)c2C)nc1. The van der Waals surface area contributed by atoms with Gasteiger partial charge in [0.05, 0.1) is 16.4 Å². The Morgan fingerprint density at radius 1 is 1.35 bits per heavy atom. The number of hydrogen-bond donors (Lipinski definition) is 0. The molecule has 0 amide bonds. The summed E-state index contributed by atoms with van der Waals surface area (Å²) >= 11 is 6.06. The van der Waals surface area contributed by atoms with Gasteiger partial charge in [-0.1, -0.05) is 11.6 Å². The van der Waals surface area contributed by atoms with E-state index in [1.165, 1.54) is 6.92 Å². The first-order valence-electron chi connectivity index (χ1n) is 5.20. The molecule has 0 atom stereocenters. The van der Waals surface area contributed by atoms with Gasteiger partial charge in [0.25, 0.3) is 0 Å². The molecule has 0 saturated carbocycles. The zero-order valence-electron chi connectivity index (χ0n) is 9.86. The summed E-state index contributed by atoms with van der Waals surface area (Å²) in [5, 5.41) is 4.93. The second-order valence-electron chi connectivity index (χ2n) is 3.86. The van der Waals surface area contributed by atoms with Crippen molar-refractivity contribution in [2.24, 2.45) is 0 Å². The molecule has 0 aliphatic carbocycles. The number of aryl methyl sites for hydroxylation is 1. The van der Waals surface area contributed by atoms with E-state index in [2.05, 4.69) is 10.1 Å². The summed E-state index contributed by atoms with van der Waals surface area (Å²) in [4.78, 5) is 15.3. The molecule has 5 heteroatoms. The van der Waals surface area contributed by atoms with Crippen LogP contribution in [0.5, 0.6) is 0 Å². The van der Waals surface area contributed by atoms with Crippen molar-refractivity contribution in [1.29, 1.82) is 0 Å². The number of carbonyl (C=O) groups is 1. The Labute approximate surface area is 104 Å². The summed E-state index contributed by atoms with van der Waals surface area (Å²) in [5.41, 5.74) is 2.19. The molecule has 4 nitrogen and oxygen atoms in total. The molecular formula is C12H12ClN3O. The maximum Gasteiger partial charge on any atom is 0.161 e. The van der Waals surface area contributed by atoms with E-state index in [1.54, 1.807) is 23.0 Å². The monoisotopic (exact) mass is 249 g/mol. The normalized spacial score (nSPS) is 10.6. The quantitative estimate of drug-likeness (QED) is 0.769. The summed E-state index contributed by atoms with van der Waals surface area (Å²) in [6, 6.07) is 3.49. The Kier molecular flexibility index (Phi) is 2.98. The van der Waals surface area contributed by atoms with Crippen molar-refractivity contribution in [3.8, 4) is 5.82 Å². The first-order chi connectivity index (χ1) is 8.00. The number of halogens is 1. The summed E-state index contributed by atoms with van der Waals surface area (Å²) in [5.74, 6) is 0.651. The van der Waals surface area contributed by atoms with Crippen LogP contribution in [-0.2, 0) is 0 Å². The molecule has 0 saturated heterocycles. The standard InChI is InChI=1S/C12H12ClN3O/c1-7-12(13)8(2)16(15-7)11-5-4-10(6-14-11)9(3)17/h4-6H,1-3H3. The lowest BCUT2D eigenvalue weighted by molar-refractivity contribution is 0.101. The average Bonchev–Trinajstić information content (AvgIpc) is 2.57. The fraction of sp³-hybridized carbons (Fsp3) is 0.250. The Bertz CT molecular complexity index is 572. The Balaban J connectivity index is 2.47. The number of carbonyl (C=O) groups excluding carboxylic acids is 1. The van der Waals surface area contributed by atoms with Gasteiger partial charge in [0.15, 0.2) is 11.6 Å². The highest BCUT2D eigenvalue weighted by molar-refractivity contribution is 6.31. The maximum absolute atomic E-state index is 11.1. The van der Waals surface area contributed by atoms with E-state index in [4.69, 9.17) is 11.6 Å².